The van der Waals surface area contributed by atoms with Gasteiger partial charge in [-0.3, -0.25) is 7.76 Å². The van der Waals surface area contributed by atoms with Crippen LogP contribution >= 0.6 is 45.5 Å². The van der Waals surface area contributed by atoms with Crippen LogP contribution < -0.4 is 0 Å². The van der Waals surface area contributed by atoms with E-state index in [-0.39, 0.29) is 0 Å². The second-order valence-corrected chi connectivity index (χ2v) is 4.61. The maximum Gasteiger partial charge on any atom is 0.181 e. The molecule has 0 N–H and O–H groups in total. The molecule has 68 valence electrons. The van der Waals surface area contributed by atoms with Crippen LogP contribution in [0, 0.1) is 3.83 Å². The van der Waals surface area contributed by atoms with Crippen LogP contribution in [0.15, 0.2) is 12.4 Å². The average Bonchev–Trinajstić information content (AvgIpc) is 2.43. The third-order valence-corrected chi connectivity index (χ3v) is 4.51. The number of nitrogens with zero attached hydrogens (tertiary/aromatic N) is 3. The molecule has 0 spiro atoms. The summed E-state index contributed by atoms with van der Waals surface area (Å²) in [5, 5.41) is 0. The second-order valence-electron chi connectivity index (χ2n) is 2.68. The van der Waals surface area contributed by atoms with Gasteiger partial charge in [0.05, 0.1) is 34.6 Å². The first-order chi connectivity index (χ1) is 6.24. The predicted molar refractivity (Wildman–Crippen MR) is 69.0 cm³/mol. The summed E-state index contributed by atoms with van der Waals surface area (Å²) < 4.78 is 3.07. The fourth-order valence-corrected chi connectivity index (χ4v) is 2.45. The highest BCUT2D eigenvalue weighted by Gasteiger charge is 2.09. The van der Waals surface area contributed by atoms with Crippen molar-refractivity contribution in [3.63, 3.8) is 0 Å². The quantitative estimate of drug-likeness (QED) is 0.691. The molecule has 0 saturated heterocycles. The lowest BCUT2D eigenvalue weighted by atomic mass is 10.2. The molecular formula is C8H7I2N3. The zero-order valence-electron chi connectivity index (χ0n) is 6.96. The molecule has 0 unspecified atom stereocenters. The third-order valence-electron chi connectivity index (χ3n) is 1.93. The summed E-state index contributed by atoms with van der Waals surface area (Å²) in [6.45, 7) is 2.13. The Bertz CT molecular complexity index is 450. The monoisotopic (exact) mass is 399 g/mol. The Labute approximate surface area is 104 Å². The van der Waals surface area contributed by atoms with E-state index in [4.69, 9.17) is 0 Å². The third kappa shape index (κ3) is 1.56. The number of fused-ring (bicyclic) bond motifs is 1. The van der Waals surface area contributed by atoms with E-state index in [0.29, 0.717) is 0 Å². The first kappa shape index (κ1) is 9.63. The molecule has 2 aromatic heterocycles. The van der Waals surface area contributed by atoms with Crippen molar-refractivity contribution < 1.29 is 0 Å². The van der Waals surface area contributed by atoms with Gasteiger partial charge in [0.1, 0.15) is 5.52 Å². The van der Waals surface area contributed by atoms with E-state index in [2.05, 4.69) is 65.1 Å². The van der Waals surface area contributed by atoms with Crippen LogP contribution in [-0.2, 0) is 6.42 Å². The number of imidazole rings is 1. The van der Waals surface area contributed by atoms with Crippen LogP contribution in [0.25, 0.3) is 11.0 Å². The fourth-order valence-electron chi connectivity index (χ4n) is 1.29. The number of pyridine rings is 1. The molecule has 5 heteroatoms. The average molecular weight is 399 g/mol. The van der Waals surface area contributed by atoms with Gasteiger partial charge in [0.25, 0.3) is 0 Å². The molecular weight excluding hydrogens is 392 g/mol. The minimum absolute atomic E-state index is 0.984. The molecule has 2 heterocycles. The van der Waals surface area contributed by atoms with Crippen molar-refractivity contribution in [2.75, 3.05) is 0 Å². The highest BCUT2D eigenvalue weighted by molar-refractivity contribution is 14.1. The molecule has 0 bridgehead atoms. The lowest BCUT2D eigenvalue weighted by Gasteiger charge is -1.99. The summed E-state index contributed by atoms with van der Waals surface area (Å²) >= 11 is 4.49. The van der Waals surface area contributed by atoms with E-state index in [9.17, 15) is 0 Å². The standard InChI is InChI=1S/C8H7I2N3/c1-2-5-3-11-4-6-7(5)13(10)8(9)12-6/h3-4H,2H2,1H3. The molecule has 0 amide bonds. The molecule has 2 aromatic rings. The van der Waals surface area contributed by atoms with Crippen LogP contribution in [0.3, 0.4) is 0 Å². The van der Waals surface area contributed by atoms with Gasteiger partial charge in [-0.15, -0.1) is 0 Å². The van der Waals surface area contributed by atoms with Gasteiger partial charge in [-0.1, -0.05) is 6.92 Å². The Balaban J connectivity index is 2.87. The summed E-state index contributed by atoms with van der Waals surface area (Å²) in [6.07, 6.45) is 4.72. The molecule has 13 heavy (non-hydrogen) atoms. The Morgan fingerprint density at radius 3 is 2.92 bits per heavy atom. The van der Waals surface area contributed by atoms with Gasteiger partial charge < -0.3 is 0 Å². The molecule has 0 aromatic carbocycles. The summed E-state index contributed by atoms with van der Waals surface area (Å²) in [6, 6.07) is 0. The van der Waals surface area contributed by atoms with Crippen molar-refractivity contribution in [2.45, 2.75) is 13.3 Å². The predicted octanol–water partition coefficient (Wildman–Crippen LogP) is 2.80. The fraction of sp³-hybridized carbons (Fsp3) is 0.250. The van der Waals surface area contributed by atoms with Crippen molar-refractivity contribution in [2.24, 2.45) is 0 Å². The Kier molecular flexibility index (Phi) is 2.72. The molecule has 2 rings (SSSR count). The zero-order chi connectivity index (χ0) is 9.42. The number of hydrogen-bond acceptors (Lipinski definition) is 2. The molecule has 0 radical (unpaired) electrons. The van der Waals surface area contributed by atoms with Crippen LogP contribution in [-0.4, -0.2) is 12.7 Å². The molecule has 0 saturated carbocycles. The van der Waals surface area contributed by atoms with E-state index in [1.165, 1.54) is 11.1 Å². The summed E-state index contributed by atoms with van der Waals surface area (Å²) in [4.78, 5) is 8.56. The minimum Gasteiger partial charge on any atom is -0.262 e. The number of aromatic nitrogens is 3. The van der Waals surface area contributed by atoms with Crippen LogP contribution in [0.5, 0.6) is 0 Å². The molecule has 0 aliphatic rings. The van der Waals surface area contributed by atoms with E-state index >= 15 is 0 Å². The van der Waals surface area contributed by atoms with E-state index in [1.54, 1.807) is 0 Å². The molecule has 0 aliphatic carbocycles. The highest BCUT2D eigenvalue weighted by Crippen LogP contribution is 2.22. The lowest BCUT2D eigenvalue weighted by Crippen LogP contribution is -1.88. The van der Waals surface area contributed by atoms with Crippen molar-refractivity contribution >= 4 is 56.5 Å². The number of aryl methyl sites for hydroxylation is 1. The van der Waals surface area contributed by atoms with E-state index in [1.807, 2.05) is 12.4 Å². The Morgan fingerprint density at radius 1 is 1.46 bits per heavy atom. The maximum absolute atomic E-state index is 4.40. The largest absolute Gasteiger partial charge is 0.262 e. The Hall–Kier alpha value is 0.0800. The van der Waals surface area contributed by atoms with Crippen LogP contribution in [0.1, 0.15) is 12.5 Å². The summed E-state index contributed by atoms with van der Waals surface area (Å²) in [5.41, 5.74) is 3.43. The summed E-state index contributed by atoms with van der Waals surface area (Å²) in [7, 11) is 0. The van der Waals surface area contributed by atoms with E-state index in [0.717, 1.165) is 15.8 Å². The maximum atomic E-state index is 4.40. The zero-order valence-corrected chi connectivity index (χ0v) is 11.3. The smallest absolute Gasteiger partial charge is 0.181 e. The first-order valence-electron chi connectivity index (χ1n) is 3.91. The van der Waals surface area contributed by atoms with Crippen molar-refractivity contribution in [3.05, 3.63) is 21.8 Å². The van der Waals surface area contributed by atoms with Crippen molar-refractivity contribution in [3.8, 4) is 0 Å². The second kappa shape index (κ2) is 3.68. The molecule has 0 aliphatic heterocycles. The van der Waals surface area contributed by atoms with Crippen molar-refractivity contribution in [1.29, 1.82) is 0 Å². The van der Waals surface area contributed by atoms with Gasteiger partial charge in [0.2, 0.25) is 0 Å². The Morgan fingerprint density at radius 2 is 2.23 bits per heavy atom. The van der Waals surface area contributed by atoms with Gasteiger partial charge >= 0.3 is 0 Å². The van der Waals surface area contributed by atoms with Crippen LogP contribution in [0.2, 0.25) is 0 Å². The van der Waals surface area contributed by atoms with Crippen LogP contribution in [0.4, 0.5) is 0 Å². The highest BCUT2D eigenvalue weighted by atomic mass is 127. The van der Waals surface area contributed by atoms with Gasteiger partial charge in [0.15, 0.2) is 3.83 Å². The number of rotatable bonds is 1. The van der Waals surface area contributed by atoms with Gasteiger partial charge in [0, 0.05) is 28.8 Å². The SMILES string of the molecule is CCc1cncc2nc(I)n(I)c12. The normalized spacial score (nSPS) is 11.0. The van der Waals surface area contributed by atoms with Crippen molar-refractivity contribution in [1.82, 2.24) is 12.7 Å². The minimum atomic E-state index is 0.984. The van der Waals surface area contributed by atoms with Gasteiger partial charge in [-0.2, -0.15) is 0 Å². The van der Waals surface area contributed by atoms with Gasteiger partial charge in [-0.25, -0.2) is 4.98 Å². The lowest BCUT2D eigenvalue weighted by molar-refractivity contribution is 1.11. The first-order valence-corrected chi connectivity index (χ1v) is 5.95. The number of hydrogen-bond donors (Lipinski definition) is 0. The molecule has 0 atom stereocenters. The van der Waals surface area contributed by atoms with E-state index < -0.39 is 0 Å². The summed E-state index contributed by atoms with van der Waals surface area (Å²) in [5.74, 6) is 0. The number of halogens is 2. The topological polar surface area (TPSA) is 30.7 Å². The molecule has 3 nitrogen and oxygen atoms in total. The van der Waals surface area contributed by atoms with Gasteiger partial charge in [-0.05, 0) is 12.0 Å². The molecule has 0 fully saturated rings.